The Morgan fingerprint density at radius 1 is 1.00 bits per heavy atom. The van der Waals surface area contributed by atoms with Crippen LogP contribution >= 0.6 is 0 Å². The molecule has 120 valence electrons. The van der Waals surface area contributed by atoms with E-state index in [-0.39, 0.29) is 29.3 Å². The van der Waals surface area contributed by atoms with Crippen LogP contribution in [0.15, 0.2) is 42.5 Å². The second-order valence-electron chi connectivity index (χ2n) is 4.63. The Labute approximate surface area is 132 Å². The maximum absolute atomic E-state index is 12.8. The largest absolute Gasteiger partial charge is 0.493 e. The molecule has 0 aromatic heterocycles. The monoisotopic (exact) mass is 318 g/mol. The molecule has 0 amide bonds. The van der Waals surface area contributed by atoms with E-state index in [1.54, 1.807) is 0 Å². The predicted octanol–water partition coefficient (Wildman–Crippen LogP) is 2.77. The van der Waals surface area contributed by atoms with Crippen molar-refractivity contribution in [2.75, 3.05) is 14.2 Å². The highest BCUT2D eigenvalue weighted by atomic mass is 19.1. The number of carbonyl (C=O) groups excluding carboxylic acids is 2. The molecule has 0 N–H and O–H groups in total. The normalized spacial score (nSPS) is 10.0. The van der Waals surface area contributed by atoms with Gasteiger partial charge in [0, 0.05) is 0 Å². The number of carbonyl (C=O) groups is 2. The molecule has 23 heavy (non-hydrogen) atoms. The van der Waals surface area contributed by atoms with Crippen molar-refractivity contribution in [1.82, 2.24) is 0 Å². The molecule has 0 saturated heterocycles. The van der Waals surface area contributed by atoms with E-state index in [0.717, 1.165) is 0 Å². The van der Waals surface area contributed by atoms with Crippen LogP contribution in [0.5, 0.6) is 11.5 Å². The van der Waals surface area contributed by atoms with E-state index in [1.807, 2.05) is 0 Å². The third-order valence-corrected chi connectivity index (χ3v) is 3.07. The number of benzene rings is 2. The SMILES string of the molecule is COC(=O)c1ccc(OC(=O)Cc2ccc(F)cc2)c(OC)c1. The second-order valence-corrected chi connectivity index (χ2v) is 4.63. The first-order chi connectivity index (χ1) is 11.0. The number of hydrogen-bond donors (Lipinski definition) is 0. The molecule has 0 saturated carbocycles. The second kappa shape index (κ2) is 7.40. The zero-order valence-electron chi connectivity index (χ0n) is 12.7. The fourth-order valence-electron chi connectivity index (χ4n) is 1.92. The summed E-state index contributed by atoms with van der Waals surface area (Å²) in [6.45, 7) is 0. The Morgan fingerprint density at radius 2 is 1.70 bits per heavy atom. The minimum atomic E-state index is -0.527. The van der Waals surface area contributed by atoms with Gasteiger partial charge in [0.1, 0.15) is 5.82 Å². The van der Waals surface area contributed by atoms with Gasteiger partial charge in [0.2, 0.25) is 0 Å². The Morgan fingerprint density at radius 3 is 2.30 bits per heavy atom. The third kappa shape index (κ3) is 4.29. The van der Waals surface area contributed by atoms with Crippen LogP contribution in [0.1, 0.15) is 15.9 Å². The predicted molar refractivity (Wildman–Crippen MR) is 80.1 cm³/mol. The van der Waals surface area contributed by atoms with Gasteiger partial charge in [0.05, 0.1) is 26.2 Å². The summed E-state index contributed by atoms with van der Waals surface area (Å²) in [4.78, 5) is 23.4. The van der Waals surface area contributed by atoms with E-state index in [4.69, 9.17) is 9.47 Å². The molecule has 0 spiro atoms. The number of halogens is 1. The van der Waals surface area contributed by atoms with Crippen LogP contribution in [-0.2, 0) is 16.0 Å². The van der Waals surface area contributed by atoms with Crippen molar-refractivity contribution in [3.63, 3.8) is 0 Å². The summed E-state index contributed by atoms with van der Waals surface area (Å²) in [6.07, 6.45) is -0.0117. The van der Waals surface area contributed by atoms with Gasteiger partial charge in [-0.25, -0.2) is 9.18 Å². The number of methoxy groups -OCH3 is 2. The van der Waals surface area contributed by atoms with Gasteiger partial charge in [0.25, 0.3) is 0 Å². The molecule has 0 aliphatic rings. The van der Waals surface area contributed by atoms with Crippen molar-refractivity contribution < 1.29 is 28.2 Å². The van der Waals surface area contributed by atoms with E-state index in [1.165, 1.54) is 56.7 Å². The first-order valence-corrected chi connectivity index (χ1v) is 6.75. The molecule has 2 aromatic rings. The van der Waals surface area contributed by atoms with Crippen molar-refractivity contribution in [1.29, 1.82) is 0 Å². The van der Waals surface area contributed by atoms with Gasteiger partial charge in [-0.1, -0.05) is 12.1 Å². The van der Waals surface area contributed by atoms with Crippen LogP contribution in [0.3, 0.4) is 0 Å². The maximum Gasteiger partial charge on any atom is 0.337 e. The van der Waals surface area contributed by atoms with Crippen LogP contribution in [0, 0.1) is 5.82 Å². The summed E-state index contributed by atoms with van der Waals surface area (Å²) in [5, 5.41) is 0. The smallest absolute Gasteiger partial charge is 0.337 e. The molecule has 2 aromatic carbocycles. The van der Waals surface area contributed by atoms with E-state index in [2.05, 4.69) is 4.74 Å². The lowest BCUT2D eigenvalue weighted by Crippen LogP contribution is -2.12. The highest BCUT2D eigenvalue weighted by Gasteiger charge is 2.14. The summed E-state index contributed by atoms with van der Waals surface area (Å²) in [5.41, 5.74) is 0.907. The van der Waals surface area contributed by atoms with Crippen LogP contribution in [0.25, 0.3) is 0 Å². The Hall–Kier alpha value is -2.89. The summed E-state index contributed by atoms with van der Waals surface area (Å²) < 4.78 is 27.8. The van der Waals surface area contributed by atoms with E-state index < -0.39 is 11.9 Å². The fourth-order valence-corrected chi connectivity index (χ4v) is 1.92. The molecular formula is C17H15FO5. The van der Waals surface area contributed by atoms with Crippen molar-refractivity contribution in [2.24, 2.45) is 0 Å². The molecule has 0 bridgehead atoms. The van der Waals surface area contributed by atoms with Crippen LogP contribution in [0.2, 0.25) is 0 Å². The van der Waals surface area contributed by atoms with Crippen LogP contribution < -0.4 is 9.47 Å². The number of esters is 2. The standard InChI is InChI=1S/C17H15FO5/c1-21-15-10-12(17(20)22-2)5-8-14(15)23-16(19)9-11-3-6-13(18)7-4-11/h3-8,10H,9H2,1-2H3. The molecule has 2 rings (SSSR count). The zero-order valence-corrected chi connectivity index (χ0v) is 12.7. The molecule has 0 unspecified atom stereocenters. The van der Waals surface area contributed by atoms with Gasteiger partial charge in [-0.15, -0.1) is 0 Å². The first kappa shape index (κ1) is 16.5. The molecule has 0 aliphatic carbocycles. The summed E-state index contributed by atoms with van der Waals surface area (Å²) >= 11 is 0. The highest BCUT2D eigenvalue weighted by molar-refractivity contribution is 5.90. The van der Waals surface area contributed by atoms with E-state index in [9.17, 15) is 14.0 Å². The molecule has 0 heterocycles. The minimum absolute atomic E-state index is 0.0117. The topological polar surface area (TPSA) is 61.8 Å². The molecule has 0 aliphatic heterocycles. The number of rotatable bonds is 5. The summed E-state index contributed by atoms with van der Waals surface area (Å²) in [7, 11) is 2.67. The molecule has 0 fully saturated rings. The maximum atomic E-state index is 12.8. The average molecular weight is 318 g/mol. The Balaban J connectivity index is 2.10. The summed E-state index contributed by atoms with van der Waals surface area (Å²) in [6, 6.07) is 9.90. The van der Waals surface area contributed by atoms with Crippen molar-refractivity contribution in [3.05, 3.63) is 59.4 Å². The molecular weight excluding hydrogens is 303 g/mol. The van der Waals surface area contributed by atoms with Gasteiger partial charge in [0.15, 0.2) is 11.5 Å². The molecule has 0 atom stereocenters. The molecule has 5 nitrogen and oxygen atoms in total. The minimum Gasteiger partial charge on any atom is -0.493 e. The van der Waals surface area contributed by atoms with Gasteiger partial charge in [-0.3, -0.25) is 4.79 Å². The van der Waals surface area contributed by atoms with Gasteiger partial charge >= 0.3 is 11.9 Å². The van der Waals surface area contributed by atoms with Crippen molar-refractivity contribution in [3.8, 4) is 11.5 Å². The van der Waals surface area contributed by atoms with Crippen LogP contribution in [0.4, 0.5) is 4.39 Å². The van der Waals surface area contributed by atoms with Crippen molar-refractivity contribution >= 4 is 11.9 Å². The summed E-state index contributed by atoms with van der Waals surface area (Å²) in [5.74, 6) is -0.997. The third-order valence-electron chi connectivity index (χ3n) is 3.07. The quantitative estimate of drug-likeness (QED) is 0.626. The lowest BCUT2D eigenvalue weighted by atomic mass is 10.1. The fraction of sp³-hybridized carbons (Fsp3) is 0.176. The van der Waals surface area contributed by atoms with Gasteiger partial charge in [-0.2, -0.15) is 0 Å². The Kier molecular flexibility index (Phi) is 5.30. The van der Waals surface area contributed by atoms with Crippen LogP contribution in [-0.4, -0.2) is 26.2 Å². The van der Waals surface area contributed by atoms with Gasteiger partial charge < -0.3 is 14.2 Å². The van der Waals surface area contributed by atoms with E-state index >= 15 is 0 Å². The first-order valence-electron chi connectivity index (χ1n) is 6.75. The number of hydrogen-bond acceptors (Lipinski definition) is 5. The average Bonchev–Trinajstić information content (AvgIpc) is 2.56. The lowest BCUT2D eigenvalue weighted by molar-refractivity contribution is -0.133. The Bertz CT molecular complexity index is 709. The molecule has 6 heteroatoms. The zero-order chi connectivity index (χ0) is 16.8. The van der Waals surface area contributed by atoms with E-state index in [0.29, 0.717) is 5.56 Å². The van der Waals surface area contributed by atoms with Crippen molar-refractivity contribution in [2.45, 2.75) is 6.42 Å². The van der Waals surface area contributed by atoms with Gasteiger partial charge in [-0.05, 0) is 35.9 Å². The lowest BCUT2D eigenvalue weighted by Gasteiger charge is -2.10. The number of ether oxygens (including phenoxy) is 3. The highest BCUT2D eigenvalue weighted by Crippen LogP contribution is 2.28. The molecule has 0 radical (unpaired) electrons.